The number of allylic oxidation sites excluding steroid dienone is 1. The molecule has 0 unspecified atom stereocenters. The molecule has 1 aromatic carbocycles. The Balaban J connectivity index is 2.93. The van der Waals surface area contributed by atoms with Gasteiger partial charge in [-0.05, 0) is 17.7 Å². The van der Waals surface area contributed by atoms with Crippen LogP contribution in [0.25, 0.3) is 0 Å². The highest BCUT2D eigenvalue weighted by Crippen LogP contribution is 2.21. The Morgan fingerprint density at radius 1 is 1.42 bits per heavy atom. The summed E-state index contributed by atoms with van der Waals surface area (Å²) in [5.74, 6) is 0. The molecule has 0 spiro atoms. The molecule has 64 valence electrons. The second-order valence-electron chi connectivity index (χ2n) is 2.57. The predicted molar refractivity (Wildman–Crippen MR) is 53.5 cm³/mol. The van der Waals surface area contributed by atoms with Gasteiger partial charge in [0.15, 0.2) is 0 Å². The van der Waals surface area contributed by atoms with Crippen molar-refractivity contribution >= 4 is 23.2 Å². The van der Waals surface area contributed by atoms with Crippen LogP contribution in [0.4, 0.5) is 0 Å². The molecule has 0 aliphatic carbocycles. The lowest BCUT2D eigenvalue weighted by molar-refractivity contribution is 1.12. The van der Waals surface area contributed by atoms with Gasteiger partial charge in [-0.3, -0.25) is 0 Å². The number of halogens is 2. The van der Waals surface area contributed by atoms with Gasteiger partial charge >= 0.3 is 0 Å². The number of hydrogen-bond acceptors (Lipinski definition) is 1. The van der Waals surface area contributed by atoms with E-state index in [0.717, 1.165) is 5.56 Å². The molecule has 1 aromatic rings. The zero-order chi connectivity index (χ0) is 9.14. The fraction of sp³-hybridized carbons (Fsp3) is 0.111. The topological polar surface area (TPSA) is 26.0 Å². The molecule has 0 fully saturated rings. The second-order valence-corrected chi connectivity index (χ2v) is 3.41. The van der Waals surface area contributed by atoms with Crippen LogP contribution in [-0.4, -0.2) is 0 Å². The maximum absolute atomic E-state index is 5.89. The van der Waals surface area contributed by atoms with Crippen LogP contribution in [0.2, 0.25) is 10.0 Å². The van der Waals surface area contributed by atoms with Crippen molar-refractivity contribution in [3.8, 4) is 0 Å². The van der Waals surface area contributed by atoms with Crippen LogP contribution in [0.3, 0.4) is 0 Å². The van der Waals surface area contributed by atoms with Crippen molar-refractivity contribution in [2.75, 3.05) is 0 Å². The van der Waals surface area contributed by atoms with Gasteiger partial charge < -0.3 is 5.73 Å². The van der Waals surface area contributed by atoms with Crippen LogP contribution in [-0.2, 0) is 6.42 Å². The fourth-order valence-corrected chi connectivity index (χ4v) is 1.38. The minimum absolute atomic E-state index is 0.593. The van der Waals surface area contributed by atoms with Crippen molar-refractivity contribution in [3.05, 3.63) is 46.1 Å². The van der Waals surface area contributed by atoms with E-state index in [4.69, 9.17) is 28.9 Å². The first-order valence-electron chi connectivity index (χ1n) is 3.47. The summed E-state index contributed by atoms with van der Waals surface area (Å²) in [5.41, 5.74) is 6.99. The molecule has 0 aliphatic rings. The monoisotopic (exact) mass is 201 g/mol. The highest BCUT2D eigenvalue weighted by atomic mass is 35.5. The Hall–Kier alpha value is -0.660. The molecule has 12 heavy (non-hydrogen) atoms. The van der Waals surface area contributed by atoms with Gasteiger partial charge in [0.2, 0.25) is 0 Å². The molecule has 0 atom stereocenters. The average Bonchev–Trinajstić information content (AvgIpc) is 1.94. The molecule has 0 saturated carbocycles. The fourth-order valence-electron chi connectivity index (χ4n) is 0.910. The zero-order valence-corrected chi connectivity index (χ0v) is 7.99. The van der Waals surface area contributed by atoms with E-state index in [2.05, 4.69) is 6.58 Å². The Morgan fingerprint density at radius 2 is 2.08 bits per heavy atom. The van der Waals surface area contributed by atoms with Crippen molar-refractivity contribution in [3.63, 3.8) is 0 Å². The van der Waals surface area contributed by atoms with Crippen LogP contribution in [0.15, 0.2) is 30.5 Å². The summed E-state index contributed by atoms with van der Waals surface area (Å²) in [5, 5.41) is 1.26. The number of rotatable bonds is 2. The van der Waals surface area contributed by atoms with E-state index in [-0.39, 0.29) is 0 Å². The lowest BCUT2D eigenvalue weighted by atomic mass is 10.1. The maximum Gasteiger partial charge on any atom is 0.0456 e. The quantitative estimate of drug-likeness (QED) is 0.783. The van der Waals surface area contributed by atoms with E-state index >= 15 is 0 Å². The SMILES string of the molecule is C=C(N)Cc1ccc(Cl)cc1Cl. The Kier molecular flexibility index (Phi) is 3.01. The van der Waals surface area contributed by atoms with Crippen molar-refractivity contribution < 1.29 is 0 Å². The molecule has 0 heterocycles. The van der Waals surface area contributed by atoms with Crippen LogP contribution < -0.4 is 5.73 Å². The molecule has 0 radical (unpaired) electrons. The minimum atomic E-state index is 0.593. The van der Waals surface area contributed by atoms with E-state index in [1.807, 2.05) is 6.07 Å². The Bertz CT molecular complexity index is 307. The lowest BCUT2D eigenvalue weighted by Crippen LogP contribution is -1.99. The summed E-state index contributed by atoms with van der Waals surface area (Å²) < 4.78 is 0. The first-order chi connectivity index (χ1) is 5.59. The normalized spacial score (nSPS) is 9.83. The van der Waals surface area contributed by atoms with Gasteiger partial charge in [-0.15, -0.1) is 0 Å². The minimum Gasteiger partial charge on any atom is -0.402 e. The smallest absolute Gasteiger partial charge is 0.0456 e. The van der Waals surface area contributed by atoms with E-state index < -0.39 is 0 Å². The molecule has 2 N–H and O–H groups in total. The molecule has 1 rings (SSSR count). The van der Waals surface area contributed by atoms with Gasteiger partial charge in [0, 0.05) is 22.2 Å². The molecule has 0 saturated heterocycles. The molecular weight excluding hydrogens is 193 g/mol. The van der Waals surface area contributed by atoms with Crippen molar-refractivity contribution in [1.82, 2.24) is 0 Å². The molecular formula is C9H9Cl2N. The molecule has 0 bridgehead atoms. The zero-order valence-electron chi connectivity index (χ0n) is 6.48. The van der Waals surface area contributed by atoms with Crippen molar-refractivity contribution in [2.45, 2.75) is 6.42 Å². The van der Waals surface area contributed by atoms with Gasteiger partial charge in [-0.25, -0.2) is 0 Å². The van der Waals surface area contributed by atoms with E-state index in [9.17, 15) is 0 Å². The van der Waals surface area contributed by atoms with E-state index in [0.29, 0.717) is 22.2 Å². The highest BCUT2D eigenvalue weighted by molar-refractivity contribution is 6.35. The molecule has 1 nitrogen and oxygen atoms in total. The summed E-state index contributed by atoms with van der Waals surface area (Å²) in [6.07, 6.45) is 0.593. The molecule has 0 aromatic heterocycles. The van der Waals surface area contributed by atoms with E-state index in [1.165, 1.54) is 0 Å². The predicted octanol–water partition coefficient (Wildman–Crippen LogP) is 3.01. The molecule has 0 aliphatic heterocycles. The van der Waals surface area contributed by atoms with Gasteiger partial charge in [-0.2, -0.15) is 0 Å². The van der Waals surface area contributed by atoms with Crippen LogP contribution in [0.1, 0.15) is 5.56 Å². The lowest BCUT2D eigenvalue weighted by Gasteiger charge is -2.03. The third-order valence-electron chi connectivity index (χ3n) is 1.43. The summed E-state index contributed by atoms with van der Waals surface area (Å²) in [6, 6.07) is 5.33. The summed E-state index contributed by atoms with van der Waals surface area (Å²) >= 11 is 11.6. The number of nitrogens with two attached hydrogens (primary N) is 1. The Labute approximate surface area is 81.8 Å². The largest absolute Gasteiger partial charge is 0.402 e. The highest BCUT2D eigenvalue weighted by Gasteiger charge is 2.00. The van der Waals surface area contributed by atoms with Gasteiger partial charge in [-0.1, -0.05) is 35.8 Å². The standard InChI is InChI=1S/C9H9Cl2N/c1-6(12)4-7-2-3-8(10)5-9(7)11/h2-3,5H,1,4,12H2. The second kappa shape index (κ2) is 3.83. The van der Waals surface area contributed by atoms with Crippen LogP contribution in [0.5, 0.6) is 0 Å². The molecule has 0 amide bonds. The van der Waals surface area contributed by atoms with Crippen LogP contribution >= 0.6 is 23.2 Å². The summed E-state index contributed by atoms with van der Waals surface area (Å²) in [4.78, 5) is 0. The van der Waals surface area contributed by atoms with Gasteiger partial charge in [0.25, 0.3) is 0 Å². The average molecular weight is 202 g/mol. The first kappa shape index (κ1) is 9.43. The first-order valence-corrected chi connectivity index (χ1v) is 4.22. The van der Waals surface area contributed by atoms with Gasteiger partial charge in [0.1, 0.15) is 0 Å². The molecule has 3 heteroatoms. The third-order valence-corrected chi connectivity index (χ3v) is 2.02. The number of benzene rings is 1. The van der Waals surface area contributed by atoms with Crippen LogP contribution in [0, 0.1) is 0 Å². The maximum atomic E-state index is 5.89. The van der Waals surface area contributed by atoms with E-state index in [1.54, 1.807) is 12.1 Å². The Morgan fingerprint density at radius 3 is 2.58 bits per heavy atom. The number of hydrogen-bond donors (Lipinski definition) is 1. The van der Waals surface area contributed by atoms with Gasteiger partial charge in [0.05, 0.1) is 0 Å². The third kappa shape index (κ3) is 2.43. The van der Waals surface area contributed by atoms with Crippen molar-refractivity contribution in [2.24, 2.45) is 5.73 Å². The summed E-state index contributed by atoms with van der Waals surface area (Å²) in [6.45, 7) is 3.60. The van der Waals surface area contributed by atoms with Crippen molar-refractivity contribution in [1.29, 1.82) is 0 Å². The summed E-state index contributed by atoms with van der Waals surface area (Å²) in [7, 11) is 0.